The first-order valence-electron chi connectivity index (χ1n) is 7.49. The smallest absolute Gasteiger partial charge is 0.415 e. The molecule has 0 bridgehead atoms. The molecule has 0 heterocycles. The summed E-state index contributed by atoms with van der Waals surface area (Å²) in [6.45, 7) is 4.76. The molecule has 0 saturated carbocycles. The molecule has 7 heteroatoms. The fourth-order valence-corrected chi connectivity index (χ4v) is 1.96. The quantitative estimate of drug-likeness (QED) is 0.562. The minimum Gasteiger partial charge on any atom is -0.493 e. The summed E-state index contributed by atoms with van der Waals surface area (Å²) in [6.07, 6.45) is 2.23. The number of rotatable bonds is 7. The second kappa shape index (κ2) is 9.44. The van der Waals surface area contributed by atoms with Crippen molar-refractivity contribution in [1.29, 1.82) is 0 Å². The van der Waals surface area contributed by atoms with Crippen molar-refractivity contribution < 1.29 is 28.5 Å². The molecule has 0 aliphatic carbocycles. The molecule has 24 heavy (non-hydrogen) atoms. The van der Waals surface area contributed by atoms with Gasteiger partial charge >= 0.3 is 12.1 Å². The Kier molecular flexibility index (Phi) is 7.61. The van der Waals surface area contributed by atoms with Crippen LogP contribution >= 0.6 is 0 Å². The molecule has 132 valence electrons. The average Bonchev–Trinajstić information content (AvgIpc) is 2.60. The van der Waals surface area contributed by atoms with Crippen molar-refractivity contribution in [2.24, 2.45) is 0 Å². The molecule has 0 atom stereocenters. The summed E-state index contributed by atoms with van der Waals surface area (Å²) in [6, 6.07) is 3.15. The highest BCUT2D eigenvalue weighted by Crippen LogP contribution is 2.35. The van der Waals surface area contributed by atoms with Crippen molar-refractivity contribution in [1.82, 2.24) is 4.90 Å². The molecule has 0 aliphatic rings. The van der Waals surface area contributed by atoms with E-state index < -0.39 is 12.1 Å². The lowest BCUT2D eigenvalue weighted by atomic mass is 10.1. The van der Waals surface area contributed by atoms with Gasteiger partial charge in [-0.1, -0.05) is 0 Å². The van der Waals surface area contributed by atoms with Gasteiger partial charge in [-0.05, 0) is 26.0 Å². The first-order valence-corrected chi connectivity index (χ1v) is 7.49. The van der Waals surface area contributed by atoms with Crippen LogP contribution in [0.15, 0.2) is 18.2 Å². The van der Waals surface area contributed by atoms with Gasteiger partial charge in [0.1, 0.15) is 5.75 Å². The molecule has 0 fully saturated rings. The normalized spacial score (nSPS) is 10.4. The maximum absolute atomic E-state index is 12.2. The molecule has 1 rings (SSSR count). The van der Waals surface area contributed by atoms with Crippen molar-refractivity contribution in [2.75, 3.05) is 34.4 Å². The molecular formula is C17H23NO6. The molecular weight excluding hydrogens is 314 g/mol. The van der Waals surface area contributed by atoms with E-state index in [-0.39, 0.29) is 5.75 Å². The predicted molar refractivity (Wildman–Crippen MR) is 89.5 cm³/mol. The van der Waals surface area contributed by atoms with Crippen LogP contribution in [0, 0.1) is 0 Å². The van der Waals surface area contributed by atoms with Crippen LogP contribution in [-0.2, 0) is 9.53 Å². The van der Waals surface area contributed by atoms with Gasteiger partial charge in [0.2, 0.25) is 0 Å². The number of hydrogen-bond acceptors (Lipinski definition) is 6. The Morgan fingerprint density at radius 1 is 1.00 bits per heavy atom. The summed E-state index contributed by atoms with van der Waals surface area (Å²) in [5.74, 6) is 0.593. The van der Waals surface area contributed by atoms with Gasteiger partial charge in [0.05, 0.1) is 21.3 Å². The van der Waals surface area contributed by atoms with Gasteiger partial charge < -0.3 is 23.8 Å². The monoisotopic (exact) mass is 337 g/mol. The third-order valence-corrected chi connectivity index (χ3v) is 3.34. The van der Waals surface area contributed by atoms with E-state index in [0.717, 1.165) is 0 Å². The van der Waals surface area contributed by atoms with Crippen LogP contribution in [0.2, 0.25) is 0 Å². The molecule has 1 amide bonds. The Balaban J connectivity index is 3.25. The predicted octanol–water partition coefficient (Wildman–Crippen LogP) is 2.73. The van der Waals surface area contributed by atoms with Gasteiger partial charge in [-0.2, -0.15) is 0 Å². The average molecular weight is 337 g/mol. The minimum atomic E-state index is -0.522. The van der Waals surface area contributed by atoms with Crippen molar-refractivity contribution in [3.63, 3.8) is 0 Å². The highest BCUT2D eigenvalue weighted by atomic mass is 16.6. The van der Waals surface area contributed by atoms with Crippen LogP contribution < -0.4 is 14.2 Å². The van der Waals surface area contributed by atoms with Crippen LogP contribution in [0.4, 0.5) is 4.79 Å². The van der Waals surface area contributed by atoms with E-state index in [1.807, 2.05) is 13.8 Å². The number of carbonyl (C=O) groups is 2. The van der Waals surface area contributed by atoms with Crippen LogP contribution in [0.25, 0.3) is 6.08 Å². The zero-order valence-electron chi connectivity index (χ0n) is 14.6. The van der Waals surface area contributed by atoms with E-state index in [1.54, 1.807) is 6.07 Å². The second-order valence-corrected chi connectivity index (χ2v) is 4.64. The Hall–Kier alpha value is -2.70. The zero-order valence-corrected chi connectivity index (χ0v) is 14.6. The third-order valence-electron chi connectivity index (χ3n) is 3.34. The van der Waals surface area contributed by atoms with E-state index >= 15 is 0 Å². The molecule has 0 radical (unpaired) electrons. The largest absolute Gasteiger partial charge is 0.493 e. The number of benzene rings is 1. The van der Waals surface area contributed by atoms with Crippen molar-refractivity contribution in [3.05, 3.63) is 23.8 Å². The van der Waals surface area contributed by atoms with Gasteiger partial charge in [-0.15, -0.1) is 0 Å². The summed E-state index contributed by atoms with van der Waals surface area (Å²) in [4.78, 5) is 25.0. The Bertz CT molecular complexity index is 607. The Morgan fingerprint density at radius 3 is 2.08 bits per heavy atom. The molecule has 7 nitrogen and oxygen atoms in total. The van der Waals surface area contributed by atoms with Crippen molar-refractivity contribution in [2.45, 2.75) is 13.8 Å². The number of ether oxygens (including phenoxy) is 4. The second-order valence-electron chi connectivity index (χ2n) is 4.64. The van der Waals surface area contributed by atoms with Crippen molar-refractivity contribution >= 4 is 18.1 Å². The summed E-state index contributed by atoms with van der Waals surface area (Å²) < 4.78 is 20.5. The third kappa shape index (κ3) is 4.91. The molecule has 0 aromatic heterocycles. The summed E-state index contributed by atoms with van der Waals surface area (Å²) in [5.41, 5.74) is 0.485. The molecule has 0 unspecified atom stereocenters. The zero-order chi connectivity index (χ0) is 18.1. The molecule has 0 aliphatic heterocycles. The van der Waals surface area contributed by atoms with Gasteiger partial charge in [-0.3, -0.25) is 0 Å². The fraction of sp³-hybridized carbons (Fsp3) is 0.412. The van der Waals surface area contributed by atoms with Crippen LogP contribution in [0.1, 0.15) is 19.4 Å². The standard InChI is InChI=1S/C17H23NO6/c1-6-18(7-2)17(20)24-13-11-15(22-4)14(21-3)10-12(13)8-9-16(19)23-5/h8-11H,6-7H2,1-5H3/b9-8+. The number of carbonyl (C=O) groups excluding carboxylic acids is 2. The molecule has 0 spiro atoms. The number of amides is 1. The minimum absolute atomic E-state index is 0.254. The van der Waals surface area contributed by atoms with Crippen LogP contribution in [0.5, 0.6) is 17.2 Å². The molecule has 0 saturated heterocycles. The van der Waals surface area contributed by atoms with E-state index in [1.165, 1.54) is 44.4 Å². The fourth-order valence-electron chi connectivity index (χ4n) is 1.96. The highest BCUT2D eigenvalue weighted by molar-refractivity contribution is 5.88. The van der Waals surface area contributed by atoms with E-state index in [4.69, 9.17) is 14.2 Å². The highest BCUT2D eigenvalue weighted by Gasteiger charge is 2.17. The summed E-state index contributed by atoms with van der Waals surface area (Å²) in [7, 11) is 4.26. The van der Waals surface area contributed by atoms with Gasteiger partial charge in [0.15, 0.2) is 11.5 Å². The van der Waals surface area contributed by atoms with Gasteiger partial charge in [0, 0.05) is 30.8 Å². The maximum Gasteiger partial charge on any atom is 0.415 e. The number of nitrogens with zero attached hydrogens (tertiary/aromatic N) is 1. The lowest BCUT2D eigenvalue weighted by Crippen LogP contribution is -2.33. The summed E-state index contributed by atoms with van der Waals surface area (Å²) >= 11 is 0. The SMILES string of the molecule is CCN(CC)C(=O)Oc1cc(OC)c(OC)cc1/C=C/C(=O)OC. The van der Waals surface area contributed by atoms with Gasteiger partial charge in [-0.25, -0.2) is 9.59 Å². The van der Waals surface area contributed by atoms with Crippen LogP contribution in [0.3, 0.4) is 0 Å². The van der Waals surface area contributed by atoms with Crippen LogP contribution in [-0.4, -0.2) is 51.4 Å². The topological polar surface area (TPSA) is 74.3 Å². The first kappa shape index (κ1) is 19.3. The Morgan fingerprint density at radius 2 is 1.58 bits per heavy atom. The van der Waals surface area contributed by atoms with E-state index in [2.05, 4.69) is 4.74 Å². The van der Waals surface area contributed by atoms with Crippen molar-refractivity contribution in [3.8, 4) is 17.2 Å². The maximum atomic E-state index is 12.2. The first-order chi connectivity index (χ1) is 11.5. The lowest BCUT2D eigenvalue weighted by molar-refractivity contribution is -0.134. The number of hydrogen-bond donors (Lipinski definition) is 0. The number of esters is 1. The number of methoxy groups -OCH3 is 3. The van der Waals surface area contributed by atoms with Gasteiger partial charge in [0.25, 0.3) is 0 Å². The van der Waals surface area contributed by atoms with E-state index in [0.29, 0.717) is 30.2 Å². The lowest BCUT2D eigenvalue weighted by Gasteiger charge is -2.19. The molecule has 0 N–H and O–H groups in total. The molecule has 1 aromatic carbocycles. The van der Waals surface area contributed by atoms with E-state index in [9.17, 15) is 9.59 Å². The summed E-state index contributed by atoms with van der Waals surface area (Å²) in [5, 5.41) is 0. The molecule has 1 aromatic rings. The Labute approximate surface area is 141 Å².